The van der Waals surface area contributed by atoms with Gasteiger partial charge in [-0.15, -0.1) is 0 Å². The number of benzene rings is 2. The van der Waals surface area contributed by atoms with Crippen molar-refractivity contribution >= 4 is 29.0 Å². The number of carbonyl (C=O) groups excluding carboxylic acids is 1. The van der Waals surface area contributed by atoms with Crippen molar-refractivity contribution in [2.24, 2.45) is 5.92 Å². The van der Waals surface area contributed by atoms with E-state index in [4.69, 9.17) is 23.2 Å². The second kappa shape index (κ2) is 5.59. The van der Waals surface area contributed by atoms with Gasteiger partial charge in [0.2, 0.25) is 0 Å². The van der Waals surface area contributed by atoms with Crippen molar-refractivity contribution in [1.82, 2.24) is 0 Å². The highest BCUT2D eigenvalue weighted by Crippen LogP contribution is 2.48. The number of ketones is 1. The van der Waals surface area contributed by atoms with E-state index in [9.17, 15) is 4.79 Å². The summed E-state index contributed by atoms with van der Waals surface area (Å²) in [4.78, 5) is 12.3. The molecule has 0 aliphatic heterocycles. The maximum atomic E-state index is 12.3. The monoisotopic (exact) mass is 304 g/mol. The first kappa shape index (κ1) is 13.7. The van der Waals surface area contributed by atoms with Gasteiger partial charge in [-0.1, -0.05) is 65.7 Å². The lowest BCUT2D eigenvalue weighted by molar-refractivity contribution is -0.119. The molecule has 2 aromatic rings. The highest BCUT2D eigenvalue weighted by Gasteiger charge is 2.43. The maximum absolute atomic E-state index is 12.3. The van der Waals surface area contributed by atoms with Crippen molar-refractivity contribution in [3.05, 3.63) is 69.7 Å². The van der Waals surface area contributed by atoms with Gasteiger partial charge in [-0.05, 0) is 29.5 Å². The average molecular weight is 305 g/mol. The predicted molar refractivity (Wildman–Crippen MR) is 82.5 cm³/mol. The third kappa shape index (κ3) is 2.74. The van der Waals surface area contributed by atoms with Crippen LogP contribution in [0.1, 0.15) is 23.5 Å². The van der Waals surface area contributed by atoms with E-state index in [1.165, 1.54) is 5.56 Å². The number of halogens is 2. The Bertz CT molecular complexity index is 637. The van der Waals surface area contributed by atoms with E-state index in [2.05, 4.69) is 12.1 Å². The van der Waals surface area contributed by atoms with Crippen molar-refractivity contribution in [2.75, 3.05) is 0 Å². The van der Waals surface area contributed by atoms with Crippen LogP contribution in [0.4, 0.5) is 0 Å². The molecule has 2 aromatic carbocycles. The highest BCUT2D eigenvalue weighted by molar-refractivity contribution is 6.42. The molecule has 1 nitrogen and oxygen atoms in total. The lowest BCUT2D eigenvalue weighted by Gasteiger charge is -2.05. The average Bonchev–Trinajstić information content (AvgIpc) is 3.25. The molecule has 0 spiro atoms. The molecule has 1 aliphatic carbocycles. The fourth-order valence-electron chi connectivity index (χ4n) is 2.62. The van der Waals surface area contributed by atoms with Crippen LogP contribution in [0.25, 0.3) is 0 Å². The fraction of sp³-hybridized carbons (Fsp3) is 0.235. The Morgan fingerprint density at radius 3 is 2.55 bits per heavy atom. The number of Topliss-reactive ketones (excluding diaryl/α,β-unsaturated/α-hetero) is 1. The molecule has 2 atom stereocenters. The first-order valence-electron chi connectivity index (χ1n) is 6.67. The molecular formula is C17H14Cl2O. The van der Waals surface area contributed by atoms with E-state index >= 15 is 0 Å². The summed E-state index contributed by atoms with van der Waals surface area (Å²) in [6.07, 6.45) is 1.31. The molecule has 1 aliphatic rings. The van der Waals surface area contributed by atoms with Crippen LogP contribution in [0, 0.1) is 5.92 Å². The summed E-state index contributed by atoms with van der Waals surface area (Å²) in [6.45, 7) is 0. The Labute approximate surface area is 128 Å². The molecular weight excluding hydrogens is 291 g/mol. The molecule has 20 heavy (non-hydrogen) atoms. The Morgan fingerprint density at radius 2 is 1.80 bits per heavy atom. The molecule has 0 amide bonds. The standard InChI is InChI=1S/C17H14Cl2O/c18-15-8-4-7-12(17(15)19)9-16(20)14-10-13(14)11-5-2-1-3-6-11/h1-8,13-14H,9-10H2. The largest absolute Gasteiger partial charge is 0.299 e. The molecule has 102 valence electrons. The molecule has 0 radical (unpaired) electrons. The fourth-order valence-corrected chi connectivity index (χ4v) is 3.01. The maximum Gasteiger partial charge on any atom is 0.141 e. The van der Waals surface area contributed by atoms with Gasteiger partial charge in [0.25, 0.3) is 0 Å². The molecule has 0 aromatic heterocycles. The van der Waals surface area contributed by atoms with Crippen LogP contribution in [-0.2, 0) is 11.2 Å². The smallest absolute Gasteiger partial charge is 0.141 e. The van der Waals surface area contributed by atoms with Gasteiger partial charge in [0, 0.05) is 12.3 Å². The topological polar surface area (TPSA) is 17.1 Å². The van der Waals surface area contributed by atoms with Crippen LogP contribution in [0.3, 0.4) is 0 Å². The molecule has 1 saturated carbocycles. The van der Waals surface area contributed by atoms with Gasteiger partial charge in [-0.25, -0.2) is 0 Å². The van der Waals surface area contributed by atoms with Crippen molar-refractivity contribution in [3.8, 4) is 0 Å². The zero-order valence-electron chi connectivity index (χ0n) is 10.9. The predicted octanol–water partition coefficient (Wildman–Crippen LogP) is 4.91. The lowest BCUT2D eigenvalue weighted by Crippen LogP contribution is -2.07. The molecule has 0 saturated heterocycles. The minimum Gasteiger partial charge on any atom is -0.299 e. The summed E-state index contributed by atoms with van der Waals surface area (Å²) in [5.41, 5.74) is 2.07. The Morgan fingerprint density at radius 1 is 1.05 bits per heavy atom. The van der Waals surface area contributed by atoms with E-state index in [0.717, 1.165) is 12.0 Å². The van der Waals surface area contributed by atoms with Crippen molar-refractivity contribution in [1.29, 1.82) is 0 Å². The first-order chi connectivity index (χ1) is 9.66. The van der Waals surface area contributed by atoms with E-state index in [0.29, 0.717) is 22.4 Å². The lowest BCUT2D eigenvalue weighted by atomic mass is 10.0. The summed E-state index contributed by atoms with van der Waals surface area (Å²) >= 11 is 12.1. The van der Waals surface area contributed by atoms with E-state index in [1.54, 1.807) is 6.07 Å². The molecule has 0 N–H and O–H groups in total. The summed E-state index contributed by atoms with van der Waals surface area (Å²) < 4.78 is 0. The Balaban J connectivity index is 1.69. The van der Waals surface area contributed by atoms with Gasteiger partial charge >= 0.3 is 0 Å². The number of rotatable bonds is 4. The summed E-state index contributed by atoms with van der Waals surface area (Å²) in [7, 11) is 0. The molecule has 0 heterocycles. The summed E-state index contributed by atoms with van der Waals surface area (Å²) in [5, 5.41) is 1.01. The summed E-state index contributed by atoms with van der Waals surface area (Å²) in [5.74, 6) is 0.761. The zero-order valence-corrected chi connectivity index (χ0v) is 12.4. The number of hydrogen-bond donors (Lipinski definition) is 0. The van der Waals surface area contributed by atoms with E-state index in [-0.39, 0.29) is 11.7 Å². The number of carbonyl (C=O) groups is 1. The third-order valence-corrected chi connectivity index (χ3v) is 4.69. The molecule has 1 fully saturated rings. The van der Waals surface area contributed by atoms with Gasteiger partial charge in [-0.2, -0.15) is 0 Å². The van der Waals surface area contributed by atoms with Gasteiger partial charge in [0.05, 0.1) is 10.0 Å². The van der Waals surface area contributed by atoms with Gasteiger partial charge in [-0.3, -0.25) is 4.79 Å². The van der Waals surface area contributed by atoms with Gasteiger partial charge in [0.15, 0.2) is 0 Å². The highest BCUT2D eigenvalue weighted by atomic mass is 35.5. The summed E-state index contributed by atoms with van der Waals surface area (Å²) in [6, 6.07) is 15.6. The van der Waals surface area contributed by atoms with Crippen LogP contribution in [0.2, 0.25) is 10.0 Å². The second-order valence-corrected chi connectivity index (χ2v) is 6.00. The van der Waals surface area contributed by atoms with E-state index < -0.39 is 0 Å². The van der Waals surface area contributed by atoms with Crippen LogP contribution < -0.4 is 0 Å². The van der Waals surface area contributed by atoms with Crippen LogP contribution in [-0.4, -0.2) is 5.78 Å². The zero-order chi connectivity index (χ0) is 14.1. The molecule has 0 bridgehead atoms. The minimum absolute atomic E-state index is 0.132. The normalized spacial score (nSPS) is 20.7. The third-order valence-electron chi connectivity index (χ3n) is 3.83. The first-order valence-corrected chi connectivity index (χ1v) is 7.43. The molecule has 2 unspecified atom stereocenters. The van der Waals surface area contributed by atoms with E-state index in [1.807, 2.05) is 30.3 Å². The SMILES string of the molecule is O=C(Cc1cccc(Cl)c1Cl)C1CC1c1ccccc1. The van der Waals surface area contributed by atoms with Crippen molar-refractivity contribution < 1.29 is 4.79 Å². The quantitative estimate of drug-likeness (QED) is 0.784. The van der Waals surface area contributed by atoms with Gasteiger partial charge < -0.3 is 0 Å². The van der Waals surface area contributed by atoms with Crippen LogP contribution >= 0.6 is 23.2 Å². The van der Waals surface area contributed by atoms with Crippen LogP contribution in [0.5, 0.6) is 0 Å². The molecule has 3 rings (SSSR count). The van der Waals surface area contributed by atoms with Gasteiger partial charge in [0.1, 0.15) is 5.78 Å². The van der Waals surface area contributed by atoms with Crippen molar-refractivity contribution in [2.45, 2.75) is 18.8 Å². The number of hydrogen-bond acceptors (Lipinski definition) is 1. The Hall–Kier alpha value is -1.31. The van der Waals surface area contributed by atoms with Crippen molar-refractivity contribution in [3.63, 3.8) is 0 Å². The van der Waals surface area contributed by atoms with Crippen LogP contribution in [0.15, 0.2) is 48.5 Å². The second-order valence-electron chi connectivity index (χ2n) is 5.22. The Kier molecular flexibility index (Phi) is 3.82. The molecule has 3 heteroatoms. The minimum atomic E-state index is 0.132.